The van der Waals surface area contributed by atoms with Crippen molar-refractivity contribution in [2.45, 2.75) is 6.92 Å². The summed E-state index contributed by atoms with van der Waals surface area (Å²) >= 11 is 0. The number of hydrogen-bond donors (Lipinski definition) is 1. The monoisotopic (exact) mass is 227 g/mol. The molecule has 0 aliphatic carbocycles. The molecule has 0 atom stereocenters. The van der Waals surface area contributed by atoms with Gasteiger partial charge in [-0.2, -0.15) is 5.26 Å². The van der Waals surface area contributed by atoms with Crippen LogP contribution < -0.4 is 5.73 Å². The van der Waals surface area contributed by atoms with Crippen molar-refractivity contribution in [1.82, 2.24) is 4.98 Å². The van der Waals surface area contributed by atoms with Crippen LogP contribution in [0.25, 0.3) is 0 Å². The van der Waals surface area contributed by atoms with E-state index in [1.54, 1.807) is 12.3 Å². The van der Waals surface area contributed by atoms with Gasteiger partial charge in [-0.05, 0) is 18.6 Å². The molecule has 0 aromatic carbocycles. The average molecular weight is 227 g/mol. The Kier molecular flexibility index (Phi) is 4.74. The van der Waals surface area contributed by atoms with Crippen LogP contribution in [0.5, 0.6) is 0 Å². The zero-order chi connectivity index (χ0) is 12.1. The van der Waals surface area contributed by atoms with Crippen LogP contribution in [0.2, 0.25) is 0 Å². The van der Waals surface area contributed by atoms with E-state index in [2.05, 4.69) is 4.98 Å². The Morgan fingerprint density at radius 2 is 1.93 bits per heavy atom. The fourth-order valence-corrected chi connectivity index (χ4v) is 0.669. The molecule has 0 radical (unpaired) electrons. The van der Waals surface area contributed by atoms with Crippen LogP contribution >= 0.6 is 0 Å². The standard InChI is InChI=1S/C7H7N3.C2H6O2S/c1-5-2-6(3-8)7(9)10-4-5;1-5(2,3)4/h2,4H,1H3,(H2,9,10);1-2H3. The molecule has 15 heavy (non-hydrogen) atoms. The third-order valence-corrected chi connectivity index (χ3v) is 1.18. The second-order valence-corrected chi connectivity index (χ2v) is 5.49. The van der Waals surface area contributed by atoms with Crippen LogP contribution in [-0.4, -0.2) is 25.9 Å². The Balaban J connectivity index is 0.000000336. The first-order valence-electron chi connectivity index (χ1n) is 4.01. The molecule has 6 heteroatoms. The summed E-state index contributed by atoms with van der Waals surface area (Å²) in [5.41, 5.74) is 6.76. The highest BCUT2D eigenvalue weighted by molar-refractivity contribution is 7.89. The van der Waals surface area contributed by atoms with E-state index < -0.39 is 9.84 Å². The minimum Gasteiger partial charge on any atom is -0.383 e. The van der Waals surface area contributed by atoms with Crippen molar-refractivity contribution in [3.63, 3.8) is 0 Å². The lowest BCUT2D eigenvalue weighted by molar-refractivity contribution is 0.607. The molecular weight excluding hydrogens is 214 g/mol. The third kappa shape index (κ3) is 7.46. The van der Waals surface area contributed by atoms with Gasteiger partial charge in [-0.25, -0.2) is 13.4 Å². The molecule has 1 aromatic heterocycles. The average Bonchev–Trinajstić information content (AvgIpc) is 2.06. The molecule has 0 aliphatic rings. The predicted octanol–water partition coefficient (Wildman–Crippen LogP) is 0.505. The van der Waals surface area contributed by atoms with E-state index in [-0.39, 0.29) is 0 Å². The van der Waals surface area contributed by atoms with Crippen molar-refractivity contribution < 1.29 is 8.42 Å². The molecule has 0 fully saturated rings. The van der Waals surface area contributed by atoms with Crippen LogP contribution in [-0.2, 0) is 9.84 Å². The molecule has 0 aliphatic heterocycles. The van der Waals surface area contributed by atoms with E-state index in [0.717, 1.165) is 18.1 Å². The van der Waals surface area contributed by atoms with E-state index in [9.17, 15) is 8.42 Å². The summed E-state index contributed by atoms with van der Waals surface area (Å²) in [5.74, 6) is 0.299. The molecule has 0 unspecified atom stereocenters. The van der Waals surface area contributed by atoms with Crippen LogP contribution in [0, 0.1) is 18.3 Å². The number of nitriles is 1. The van der Waals surface area contributed by atoms with Gasteiger partial charge in [-0.3, -0.25) is 0 Å². The van der Waals surface area contributed by atoms with Crippen molar-refractivity contribution in [2.75, 3.05) is 18.2 Å². The lowest BCUT2D eigenvalue weighted by Gasteiger charge is -1.95. The lowest BCUT2D eigenvalue weighted by atomic mass is 10.2. The molecule has 0 amide bonds. The summed E-state index contributed by atoms with van der Waals surface area (Å²) in [6.45, 7) is 1.87. The number of nitrogens with zero attached hydrogens (tertiary/aromatic N) is 2. The first kappa shape index (κ1) is 13.4. The van der Waals surface area contributed by atoms with Crippen molar-refractivity contribution in [1.29, 1.82) is 5.26 Å². The molecular formula is C9H13N3O2S. The molecule has 0 spiro atoms. The van der Waals surface area contributed by atoms with Crippen molar-refractivity contribution >= 4 is 15.7 Å². The van der Waals surface area contributed by atoms with E-state index >= 15 is 0 Å². The number of sulfone groups is 1. The second-order valence-electron chi connectivity index (χ2n) is 3.20. The summed E-state index contributed by atoms with van der Waals surface area (Å²) in [6.07, 6.45) is 3.95. The smallest absolute Gasteiger partial charge is 0.144 e. The fourth-order valence-electron chi connectivity index (χ4n) is 0.669. The second kappa shape index (κ2) is 5.32. The first-order chi connectivity index (χ1) is 6.74. The summed E-state index contributed by atoms with van der Waals surface area (Å²) in [4.78, 5) is 3.80. The Bertz CT molecular complexity index is 467. The summed E-state index contributed by atoms with van der Waals surface area (Å²) in [6, 6.07) is 3.66. The van der Waals surface area contributed by atoms with E-state index in [0.29, 0.717) is 11.4 Å². The number of pyridine rings is 1. The molecule has 1 rings (SSSR count). The van der Waals surface area contributed by atoms with Gasteiger partial charge in [0.05, 0.1) is 5.56 Å². The van der Waals surface area contributed by atoms with Gasteiger partial charge in [0.2, 0.25) is 0 Å². The molecule has 1 heterocycles. The van der Waals surface area contributed by atoms with Gasteiger partial charge in [0, 0.05) is 18.7 Å². The number of aryl methyl sites for hydroxylation is 1. The fraction of sp³-hybridized carbons (Fsp3) is 0.333. The van der Waals surface area contributed by atoms with Crippen LogP contribution in [0.1, 0.15) is 11.1 Å². The summed E-state index contributed by atoms with van der Waals surface area (Å²) in [7, 11) is -2.67. The number of anilines is 1. The Morgan fingerprint density at radius 1 is 1.47 bits per heavy atom. The van der Waals surface area contributed by atoms with Gasteiger partial charge in [0.25, 0.3) is 0 Å². The normalized spacial score (nSPS) is 9.73. The maximum absolute atomic E-state index is 9.63. The van der Waals surface area contributed by atoms with E-state index in [1.165, 1.54) is 0 Å². The highest BCUT2D eigenvalue weighted by atomic mass is 32.2. The molecule has 0 bridgehead atoms. The molecule has 82 valence electrons. The van der Waals surface area contributed by atoms with Crippen molar-refractivity contribution in [3.8, 4) is 6.07 Å². The summed E-state index contributed by atoms with van der Waals surface area (Å²) < 4.78 is 19.3. The third-order valence-electron chi connectivity index (χ3n) is 1.18. The highest BCUT2D eigenvalue weighted by Gasteiger charge is 1.96. The van der Waals surface area contributed by atoms with Gasteiger partial charge >= 0.3 is 0 Å². The minimum absolute atomic E-state index is 0.299. The lowest BCUT2D eigenvalue weighted by Crippen LogP contribution is -1.94. The molecule has 5 nitrogen and oxygen atoms in total. The largest absolute Gasteiger partial charge is 0.383 e. The topological polar surface area (TPSA) is 96.8 Å². The van der Waals surface area contributed by atoms with Gasteiger partial charge in [-0.15, -0.1) is 0 Å². The number of hydrogen-bond acceptors (Lipinski definition) is 5. The van der Waals surface area contributed by atoms with Crippen molar-refractivity contribution in [2.24, 2.45) is 0 Å². The van der Waals surface area contributed by atoms with Gasteiger partial charge in [0.1, 0.15) is 21.7 Å². The van der Waals surface area contributed by atoms with Crippen LogP contribution in [0.3, 0.4) is 0 Å². The van der Waals surface area contributed by atoms with E-state index in [1.807, 2.05) is 13.0 Å². The first-order valence-corrected chi connectivity index (χ1v) is 6.31. The number of aromatic nitrogens is 1. The van der Waals surface area contributed by atoms with Crippen molar-refractivity contribution in [3.05, 3.63) is 23.4 Å². The zero-order valence-corrected chi connectivity index (χ0v) is 9.67. The number of rotatable bonds is 0. The Labute approximate surface area is 89.5 Å². The number of nitrogens with two attached hydrogens (primary N) is 1. The quantitative estimate of drug-likeness (QED) is 0.696. The zero-order valence-electron chi connectivity index (χ0n) is 8.85. The summed E-state index contributed by atoms with van der Waals surface area (Å²) in [5, 5.41) is 8.47. The molecule has 0 saturated carbocycles. The number of nitrogen functional groups attached to an aromatic ring is 1. The van der Waals surface area contributed by atoms with Gasteiger partial charge < -0.3 is 5.73 Å². The maximum Gasteiger partial charge on any atom is 0.144 e. The minimum atomic E-state index is -2.67. The van der Waals surface area contributed by atoms with Crippen LogP contribution in [0.4, 0.5) is 5.82 Å². The Morgan fingerprint density at radius 3 is 2.27 bits per heavy atom. The molecule has 2 N–H and O–H groups in total. The maximum atomic E-state index is 9.63. The van der Waals surface area contributed by atoms with Crippen LogP contribution in [0.15, 0.2) is 12.3 Å². The molecule has 0 saturated heterocycles. The van der Waals surface area contributed by atoms with Gasteiger partial charge in [0.15, 0.2) is 0 Å². The van der Waals surface area contributed by atoms with Gasteiger partial charge in [-0.1, -0.05) is 0 Å². The highest BCUT2D eigenvalue weighted by Crippen LogP contribution is 2.07. The SMILES string of the molecule is CS(C)(=O)=O.Cc1cnc(N)c(C#N)c1. The molecule has 1 aromatic rings. The predicted molar refractivity (Wildman–Crippen MR) is 58.9 cm³/mol. The van der Waals surface area contributed by atoms with E-state index in [4.69, 9.17) is 11.0 Å². The Hall–Kier alpha value is -1.61.